The molecule has 0 unspecified atom stereocenters. The van der Waals surface area contributed by atoms with Crippen molar-refractivity contribution in [3.05, 3.63) is 59.5 Å². The van der Waals surface area contributed by atoms with Gasteiger partial charge in [0, 0.05) is 11.6 Å². The molecule has 0 spiro atoms. The number of nitrogens with two attached hydrogens (primary N) is 1. The van der Waals surface area contributed by atoms with Crippen molar-refractivity contribution in [1.82, 2.24) is 9.78 Å². The van der Waals surface area contributed by atoms with E-state index in [0.717, 1.165) is 17.0 Å². The molecule has 0 radical (unpaired) electrons. The number of benzene rings is 1. The molecule has 4 nitrogen and oxygen atoms in total. The van der Waals surface area contributed by atoms with Gasteiger partial charge in [-0.1, -0.05) is 29.8 Å². The SMILES string of the molecule is Cc1ccc(Cn2nc(-c3ccoc3C)cc2N)cc1. The third-order valence-corrected chi connectivity index (χ3v) is 3.40. The molecule has 102 valence electrons. The average Bonchev–Trinajstić information content (AvgIpc) is 2.99. The minimum absolute atomic E-state index is 0.654. The summed E-state index contributed by atoms with van der Waals surface area (Å²) in [6.07, 6.45) is 1.67. The van der Waals surface area contributed by atoms with Crippen molar-refractivity contribution in [2.24, 2.45) is 0 Å². The maximum absolute atomic E-state index is 6.05. The number of furan rings is 1. The zero-order valence-corrected chi connectivity index (χ0v) is 11.6. The molecule has 0 aliphatic carbocycles. The number of hydrogen-bond donors (Lipinski definition) is 1. The Balaban J connectivity index is 1.90. The first-order valence-corrected chi connectivity index (χ1v) is 6.57. The van der Waals surface area contributed by atoms with Crippen molar-refractivity contribution < 1.29 is 4.42 Å². The Hall–Kier alpha value is -2.49. The van der Waals surface area contributed by atoms with Crippen molar-refractivity contribution in [1.29, 1.82) is 0 Å². The molecular formula is C16H17N3O. The highest BCUT2D eigenvalue weighted by molar-refractivity contribution is 5.63. The quantitative estimate of drug-likeness (QED) is 0.791. The average molecular weight is 267 g/mol. The number of anilines is 1. The summed E-state index contributed by atoms with van der Waals surface area (Å²) >= 11 is 0. The largest absolute Gasteiger partial charge is 0.469 e. The standard InChI is InChI=1S/C16H17N3O/c1-11-3-5-13(6-4-11)10-19-16(17)9-15(18-19)14-7-8-20-12(14)2/h3-9H,10,17H2,1-2H3. The van der Waals surface area contributed by atoms with Gasteiger partial charge in [-0.3, -0.25) is 0 Å². The highest BCUT2D eigenvalue weighted by Gasteiger charge is 2.11. The Bertz CT molecular complexity index is 723. The van der Waals surface area contributed by atoms with Crippen LogP contribution in [0.2, 0.25) is 0 Å². The zero-order chi connectivity index (χ0) is 14.1. The van der Waals surface area contributed by atoms with Crippen molar-refractivity contribution in [2.75, 3.05) is 5.73 Å². The Labute approximate surface area is 117 Å². The van der Waals surface area contributed by atoms with Crippen LogP contribution in [0.3, 0.4) is 0 Å². The fourth-order valence-corrected chi connectivity index (χ4v) is 2.21. The molecule has 3 rings (SSSR count). The summed E-state index contributed by atoms with van der Waals surface area (Å²) < 4.78 is 7.12. The highest BCUT2D eigenvalue weighted by Crippen LogP contribution is 2.25. The van der Waals surface area contributed by atoms with E-state index < -0.39 is 0 Å². The molecule has 0 atom stereocenters. The van der Waals surface area contributed by atoms with E-state index in [0.29, 0.717) is 12.4 Å². The number of aromatic nitrogens is 2. The molecule has 0 bridgehead atoms. The third-order valence-electron chi connectivity index (χ3n) is 3.40. The minimum Gasteiger partial charge on any atom is -0.469 e. The van der Waals surface area contributed by atoms with Crippen LogP contribution in [-0.2, 0) is 6.54 Å². The molecule has 4 heteroatoms. The first-order chi connectivity index (χ1) is 9.63. The van der Waals surface area contributed by atoms with Gasteiger partial charge in [0.05, 0.1) is 18.5 Å². The van der Waals surface area contributed by atoms with Gasteiger partial charge in [-0.15, -0.1) is 0 Å². The van der Waals surface area contributed by atoms with Gasteiger partial charge in [-0.05, 0) is 25.5 Å². The summed E-state index contributed by atoms with van der Waals surface area (Å²) in [7, 11) is 0. The van der Waals surface area contributed by atoms with E-state index in [2.05, 4.69) is 36.3 Å². The van der Waals surface area contributed by atoms with Crippen LogP contribution in [0.4, 0.5) is 5.82 Å². The van der Waals surface area contributed by atoms with Gasteiger partial charge in [0.1, 0.15) is 11.6 Å². The van der Waals surface area contributed by atoms with Gasteiger partial charge in [0.15, 0.2) is 0 Å². The second kappa shape index (κ2) is 4.89. The molecule has 2 N–H and O–H groups in total. The van der Waals surface area contributed by atoms with E-state index in [1.807, 2.05) is 23.7 Å². The minimum atomic E-state index is 0.654. The molecule has 2 heterocycles. The van der Waals surface area contributed by atoms with Crippen LogP contribution in [0.5, 0.6) is 0 Å². The molecule has 0 saturated heterocycles. The van der Waals surface area contributed by atoms with E-state index in [1.165, 1.54) is 11.1 Å². The Morgan fingerprint density at radius 3 is 2.55 bits per heavy atom. The number of rotatable bonds is 3. The predicted molar refractivity (Wildman–Crippen MR) is 79.4 cm³/mol. The number of nitrogens with zero attached hydrogens (tertiary/aromatic N) is 2. The third kappa shape index (κ3) is 2.32. The topological polar surface area (TPSA) is 57.0 Å². The lowest BCUT2D eigenvalue weighted by Crippen LogP contribution is -2.05. The molecule has 1 aromatic carbocycles. The molecule has 0 aliphatic rings. The summed E-state index contributed by atoms with van der Waals surface area (Å²) in [5, 5.41) is 4.56. The Kier molecular flexibility index (Phi) is 3.06. The van der Waals surface area contributed by atoms with Crippen LogP contribution in [0, 0.1) is 13.8 Å². The summed E-state index contributed by atoms with van der Waals surface area (Å²) in [4.78, 5) is 0. The second-order valence-electron chi connectivity index (χ2n) is 4.99. The summed E-state index contributed by atoms with van der Waals surface area (Å²) in [5.74, 6) is 1.51. The fraction of sp³-hybridized carbons (Fsp3) is 0.188. The summed E-state index contributed by atoms with van der Waals surface area (Å²) in [5.41, 5.74) is 10.3. The Morgan fingerprint density at radius 2 is 1.90 bits per heavy atom. The summed E-state index contributed by atoms with van der Waals surface area (Å²) in [6, 6.07) is 12.2. The predicted octanol–water partition coefficient (Wildman–Crippen LogP) is 3.39. The molecule has 0 amide bonds. The first kappa shape index (κ1) is 12.5. The fourth-order valence-electron chi connectivity index (χ4n) is 2.21. The van der Waals surface area contributed by atoms with Gasteiger partial charge in [-0.2, -0.15) is 5.10 Å². The van der Waals surface area contributed by atoms with Crippen molar-refractivity contribution >= 4 is 5.82 Å². The molecular weight excluding hydrogens is 250 g/mol. The molecule has 0 fully saturated rings. The van der Waals surface area contributed by atoms with E-state index >= 15 is 0 Å². The van der Waals surface area contributed by atoms with Crippen LogP contribution in [0.15, 0.2) is 47.1 Å². The van der Waals surface area contributed by atoms with Gasteiger partial charge < -0.3 is 10.2 Å². The number of aryl methyl sites for hydroxylation is 2. The summed E-state index contributed by atoms with van der Waals surface area (Å²) in [6.45, 7) is 4.67. The van der Waals surface area contributed by atoms with Gasteiger partial charge >= 0.3 is 0 Å². The maximum Gasteiger partial charge on any atom is 0.122 e. The lowest BCUT2D eigenvalue weighted by Gasteiger charge is -2.04. The van der Waals surface area contributed by atoms with E-state index in [1.54, 1.807) is 6.26 Å². The monoisotopic (exact) mass is 267 g/mol. The van der Waals surface area contributed by atoms with Crippen molar-refractivity contribution in [3.8, 4) is 11.3 Å². The van der Waals surface area contributed by atoms with Gasteiger partial charge in [-0.25, -0.2) is 4.68 Å². The van der Waals surface area contributed by atoms with Crippen molar-refractivity contribution in [3.63, 3.8) is 0 Å². The zero-order valence-electron chi connectivity index (χ0n) is 11.6. The highest BCUT2D eigenvalue weighted by atomic mass is 16.3. The van der Waals surface area contributed by atoms with Crippen LogP contribution < -0.4 is 5.73 Å². The van der Waals surface area contributed by atoms with Crippen LogP contribution in [-0.4, -0.2) is 9.78 Å². The van der Waals surface area contributed by atoms with E-state index in [4.69, 9.17) is 10.2 Å². The lowest BCUT2D eigenvalue weighted by atomic mass is 10.1. The van der Waals surface area contributed by atoms with Crippen LogP contribution in [0.25, 0.3) is 11.3 Å². The Morgan fingerprint density at radius 1 is 1.15 bits per heavy atom. The molecule has 0 aliphatic heterocycles. The number of hydrogen-bond acceptors (Lipinski definition) is 3. The van der Waals surface area contributed by atoms with Crippen molar-refractivity contribution in [2.45, 2.75) is 20.4 Å². The molecule has 20 heavy (non-hydrogen) atoms. The maximum atomic E-state index is 6.05. The van der Waals surface area contributed by atoms with Crippen LogP contribution >= 0.6 is 0 Å². The van der Waals surface area contributed by atoms with E-state index in [9.17, 15) is 0 Å². The van der Waals surface area contributed by atoms with Crippen LogP contribution in [0.1, 0.15) is 16.9 Å². The molecule has 0 saturated carbocycles. The normalized spacial score (nSPS) is 10.9. The lowest BCUT2D eigenvalue weighted by molar-refractivity contribution is 0.535. The second-order valence-corrected chi connectivity index (χ2v) is 4.99. The van der Waals surface area contributed by atoms with Gasteiger partial charge in [0.25, 0.3) is 0 Å². The first-order valence-electron chi connectivity index (χ1n) is 6.57. The molecule has 3 aromatic rings. The number of nitrogen functional groups attached to an aromatic ring is 1. The molecule has 2 aromatic heterocycles. The van der Waals surface area contributed by atoms with Gasteiger partial charge in [0.2, 0.25) is 0 Å². The van der Waals surface area contributed by atoms with E-state index in [-0.39, 0.29) is 0 Å². The smallest absolute Gasteiger partial charge is 0.122 e.